The molecule has 1 rings (SSSR count). The van der Waals surface area contributed by atoms with Crippen LogP contribution in [0.15, 0.2) is 30.3 Å². The van der Waals surface area contributed by atoms with Crippen molar-refractivity contribution in [2.75, 3.05) is 6.61 Å². The molecule has 1 aromatic rings. The first-order valence-corrected chi connectivity index (χ1v) is 5.78. The van der Waals surface area contributed by atoms with Gasteiger partial charge in [0.05, 0.1) is 12.6 Å². The third-order valence-electron chi connectivity index (χ3n) is 2.51. The van der Waals surface area contributed by atoms with Crippen LogP contribution in [0.25, 0.3) is 0 Å². The largest absolute Gasteiger partial charge is 0.394 e. The van der Waals surface area contributed by atoms with Crippen molar-refractivity contribution in [2.24, 2.45) is 0 Å². The Morgan fingerprint density at radius 2 is 1.83 bits per heavy atom. The Morgan fingerprint density at radius 1 is 1.22 bits per heavy atom. The highest BCUT2D eigenvalue weighted by Crippen LogP contribution is 2.11. The number of nitrogens with one attached hydrogen (secondary N) is 2. The fraction of sp³-hybridized carbons (Fsp3) is 0.385. The average molecular weight is 250 g/mol. The fourth-order valence-electron chi connectivity index (χ4n) is 1.59. The Bertz CT molecular complexity index is 406. The lowest BCUT2D eigenvalue weighted by Crippen LogP contribution is -2.45. The summed E-state index contributed by atoms with van der Waals surface area (Å²) in [5.74, 6) is -0.592. The zero-order chi connectivity index (χ0) is 13.5. The second-order valence-electron chi connectivity index (χ2n) is 4.08. The molecule has 0 aliphatic rings. The molecular weight excluding hydrogens is 232 g/mol. The highest BCUT2D eigenvalue weighted by molar-refractivity contribution is 5.86. The number of amides is 2. The predicted octanol–water partition coefficient (Wildman–Crippen LogP) is 0.361. The number of hydrogen-bond donors (Lipinski definition) is 3. The standard InChI is InChI=1S/C13H18N2O3/c1-9(14-10(2)17)13(18)15-12(8-16)11-6-4-3-5-7-11/h3-7,9,12,16H,8H2,1-2H3,(H,14,17)(H,15,18)/t9?,12-/m1/s1. The topological polar surface area (TPSA) is 78.4 Å². The SMILES string of the molecule is CC(=O)NC(C)C(=O)N[C@H](CO)c1ccccc1. The van der Waals surface area contributed by atoms with E-state index in [4.69, 9.17) is 0 Å². The van der Waals surface area contributed by atoms with E-state index in [0.717, 1.165) is 5.56 Å². The normalized spacial score (nSPS) is 13.5. The summed E-state index contributed by atoms with van der Waals surface area (Å²) < 4.78 is 0. The number of aliphatic hydroxyl groups is 1. The van der Waals surface area contributed by atoms with Gasteiger partial charge < -0.3 is 15.7 Å². The summed E-state index contributed by atoms with van der Waals surface area (Å²) in [5.41, 5.74) is 0.823. The van der Waals surface area contributed by atoms with Crippen molar-refractivity contribution >= 4 is 11.8 Å². The number of rotatable bonds is 5. The van der Waals surface area contributed by atoms with Crippen molar-refractivity contribution in [1.82, 2.24) is 10.6 Å². The minimum Gasteiger partial charge on any atom is -0.394 e. The van der Waals surface area contributed by atoms with Gasteiger partial charge in [0.25, 0.3) is 0 Å². The Hall–Kier alpha value is -1.88. The van der Waals surface area contributed by atoms with Crippen molar-refractivity contribution in [3.63, 3.8) is 0 Å². The Labute approximate surface area is 106 Å². The smallest absolute Gasteiger partial charge is 0.242 e. The highest BCUT2D eigenvalue weighted by atomic mass is 16.3. The van der Waals surface area contributed by atoms with Crippen LogP contribution in [0.1, 0.15) is 25.5 Å². The van der Waals surface area contributed by atoms with Crippen LogP contribution in [0, 0.1) is 0 Å². The van der Waals surface area contributed by atoms with Crippen LogP contribution in [0.2, 0.25) is 0 Å². The predicted molar refractivity (Wildman–Crippen MR) is 67.7 cm³/mol. The first-order valence-electron chi connectivity index (χ1n) is 5.78. The molecule has 5 nitrogen and oxygen atoms in total. The second kappa shape index (κ2) is 6.76. The molecular formula is C13H18N2O3. The van der Waals surface area contributed by atoms with Gasteiger partial charge in [-0.05, 0) is 12.5 Å². The van der Waals surface area contributed by atoms with Gasteiger partial charge in [0.15, 0.2) is 0 Å². The Kier molecular flexibility index (Phi) is 5.32. The zero-order valence-electron chi connectivity index (χ0n) is 10.5. The first-order chi connectivity index (χ1) is 8.54. The molecule has 1 unspecified atom stereocenters. The van der Waals surface area contributed by atoms with Gasteiger partial charge in [-0.25, -0.2) is 0 Å². The Balaban J connectivity index is 2.64. The molecule has 1 aromatic carbocycles. The van der Waals surface area contributed by atoms with Crippen molar-refractivity contribution in [2.45, 2.75) is 25.9 Å². The van der Waals surface area contributed by atoms with E-state index in [1.54, 1.807) is 6.92 Å². The number of carbonyl (C=O) groups excluding carboxylic acids is 2. The maximum absolute atomic E-state index is 11.8. The first kappa shape index (κ1) is 14.2. The summed E-state index contributed by atoms with van der Waals surface area (Å²) >= 11 is 0. The lowest BCUT2D eigenvalue weighted by atomic mass is 10.1. The molecule has 3 N–H and O–H groups in total. The van der Waals surface area contributed by atoms with E-state index in [0.29, 0.717) is 0 Å². The van der Waals surface area contributed by atoms with Gasteiger partial charge >= 0.3 is 0 Å². The molecule has 18 heavy (non-hydrogen) atoms. The van der Waals surface area contributed by atoms with E-state index in [2.05, 4.69) is 10.6 Å². The van der Waals surface area contributed by atoms with Crippen LogP contribution in [-0.2, 0) is 9.59 Å². The number of hydrogen-bond acceptors (Lipinski definition) is 3. The van der Waals surface area contributed by atoms with Crippen LogP contribution >= 0.6 is 0 Å². The molecule has 0 radical (unpaired) electrons. The van der Waals surface area contributed by atoms with E-state index in [1.807, 2.05) is 30.3 Å². The summed E-state index contributed by atoms with van der Waals surface area (Å²) in [7, 11) is 0. The maximum Gasteiger partial charge on any atom is 0.242 e. The minimum absolute atomic E-state index is 0.192. The monoisotopic (exact) mass is 250 g/mol. The van der Waals surface area contributed by atoms with E-state index in [1.165, 1.54) is 6.92 Å². The molecule has 2 amide bonds. The average Bonchev–Trinajstić information content (AvgIpc) is 2.35. The van der Waals surface area contributed by atoms with Crippen molar-refractivity contribution in [3.8, 4) is 0 Å². The van der Waals surface area contributed by atoms with Crippen LogP contribution < -0.4 is 10.6 Å². The second-order valence-corrected chi connectivity index (χ2v) is 4.08. The molecule has 2 atom stereocenters. The highest BCUT2D eigenvalue weighted by Gasteiger charge is 2.18. The van der Waals surface area contributed by atoms with Crippen molar-refractivity contribution in [3.05, 3.63) is 35.9 Å². The lowest BCUT2D eigenvalue weighted by Gasteiger charge is -2.19. The van der Waals surface area contributed by atoms with Gasteiger partial charge in [0.1, 0.15) is 6.04 Å². The van der Waals surface area contributed by atoms with E-state index in [-0.39, 0.29) is 18.4 Å². The van der Waals surface area contributed by atoms with Crippen LogP contribution in [-0.4, -0.2) is 29.6 Å². The zero-order valence-corrected chi connectivity index (χ0v) is 10.5. The van der Waals surface area contributed by atoms with Gasteiger partial charge in [-0.2, -0.15) is 0 Å². The molecule has 98 valence electrons. The van der Waals surface area contributed by atoms with Crippen molar-refractivity contribution in [1.29, 1.82) is 0 Å². The quantitative estimate of drug-likeness (QED) is 0.706. The van der Waals surface area contributed by atoms with Crippen LogP contribution in [0.4, 0.5) is 0 Å². The van der Waals surface area contributed by atoms with Gasteiger partial charge in [-0.1, -0.05) is 30.3 Å². The van der Waals surface area contributed by atoms with E-state index in [9.17, 15) is 14.7 Å². The summed E-state index contributed by atoms with van der Waals surface area (Å²) in [6.45, 7) is 2.75. The number of carbonyl (C=O) groups is 2. The third-order valence-corrected chi connectivity index (χ3v) is 2.51. The Morgan fingerprint density at radius 3 is 2.33 bits per heavy atom. The molecule has 0 saturated heterocycles. The minimum atomic E-state index is -0.625. The number of benzene rings is 1. The van der Waals surface area contributed by atoms with Gasteiger partial charge in [0.2, 0.25) is 11.8 Å². The molecule has 0 heterocycles. The molecule has 0 saturated carbocycles. The summed E-state index contributed by atoms with van der Waals surface area (Å²) in [6.07, 6.45) is 0. The van der Waals surface area contributed by atoms with Gasteiger partial charge in [0, 0.05) is 6.92 Å². The van der Waals surface area contributed by atoms with E-state index >= 15 is 0 Å². The molecule has 0 aliphatic heterocycles. The third kappa shape index (κ3) is 4.18. The van der Waals surface area contributed by atoms with Gasteiger partial charge in [-0.15, -0.1) is 0 Å². The molecule has 0 spiro atoms. The fourth-order valence-corrected chi connectivity index (χ4v) is 1.59. The molecule has 0 bridgehead atoms. The molecule has 0 fully saturated rings. The summed E-state index contributed by atoms with van der Waals surface area (Å²) in [6, 6.07) is 8.09. The maximum atomic E-state index is 11.8. The van der Waals surface area contributed by atoms with Gasteiger partial charge in [-0.3, -0.25) is 9.59 Å². The molecule has 0 aliphatic carbocycles. The number of aliphatic hydroxyl groups excluding tert-OH is 1. The molecule has 0 aromatic heterocycles. The van der Waals surface area contributed by atoms with Crippen LogP contribution in [0.3, 0.4) is 0 Å². The summed E-state index contributed by atoms with van der Waals surface area (Å²) in [5, 5.41) is 14.5. The molecule has 5 heteroatoms. The lowest BCUT2D eigenvalue weighted by molar-refractivity contribution is -0.128. The van der Waals surface area contributed by atoms with E-state index < -0.39 is 12.1 Å². The van der Waals surface area contributed by atoms with Crippen molar-refractivity contribution < 1.29 is 14.7 Å². The summed E-state index contributed by atoms with van der Waals surface area (Å²) in [4.78, 5) is 22.6. The van der Waals surface area contributed by atoms with Crippen LogP contribution in [0.5, 0.6) is 0 Å².